The van der Waals surface area contributed by atoms with Gasteiger partial charge in [-0.1, -0.05) is 31.2 Å². The molecule has 1 heterocycles. The summed E-state index contributed by atoms with van der Waals surface area (Å²) in [4.78, 5) is 31.0. The van der Waals surface area contributed by atoms with E-state index in [9.17, 15) is 14.7 Å². The van der Waals surface area contributed by atoms with E-state index >= 15 is 0 Å². The number of anilines is 2. The fourth-order valence-corrected chi connectivity index (χ4v) is 5.18. The molecule has 0 bridgehead atoms. The van der Waals surface area contributed by atoms with E-state index in [0.717, 1.165) is 53.2 Å². The zero-order chi connectivity index (χ0) is 28.3. The van der Waals surface area contributed by atoms with Crippen LogP contribution in [0.25, 0.3) is 5.76 Å². The van der Waals surface area contributed by atoms with Gasteiger partial charge in [-0.2, -0.15) is 0 Å². The second-order valence-electron chi connectivity index (χ2n) is 9.98. The number of ether oxygens (including phenoxy) is 1. The lowest BCUT2D eigenvalue weighted by Crippen LogP contribution is -2.30. The first-order chi connectivity index (χ1) is 18.7. The van der Waals surface area contributed by atoms with Crippen molar-refractivity contribution in [2.24, 2.45) is 0 Å². The first-order valence-corrected chi connectivity index (χ1v) is 13.7. The fourth-order valence-electron chi connectivity index (χ4n) is 5.18. The molecule has 1 N–H and O–H groups in total. The molecule has 1 amide bonds. The Morgan fingerprint density at radius 2 is 1.62 bits per heavy atom. The topological polar surface area (TPSA) is 70.1 Å². The largest absolute Gasteiger partial charge is 0.507 e. The van der Waals surface area contributed by atoms with E-state index in [1.807, 2.05) is 70.2 Å². The Hall–Kier alpha value is -4.06. The van der Waals surface area contributed by atoms with E-state index in [4.69, 9.17) is 4.74 Å². The number of aliphatic hydroxyl groups is 1. The predicted molar refractivity (Wildman–Crippen MR) is 158 cm³/mol. The van der Waals surface area contributed by atoms with Crippen molar-refractivity contribution in [2.45, 2.75) is 54.0 Å². The van der Waals surface area contributed by atoms with E-state index in [-0.39, 0.29) is 11.3 Å². The Morgan fingerprint density at radius 3 is 2.23 bits per heavy atom. The van der Waals surface area contributed by atoms with Crippen molar-refractivity contribution in [2.75, 3.05) is 29.5 Å². The highest BCUT2D eigenvalue weighted by molar-refractivity contribution is 6.51. The molecule has 3 aromatic rings. The lowest BCUT2D eigenvalue weighted by atomic mass is 9.94. The van der Waals surface area contributed by atoms with E-state index in [2.05, 4.69) is 18.7 Å². The summed E-state index contributed by atoms with van der Waals surface area (Å²) in [7, 11) is 0. The SMILES string of the molecule is CCCOc1ccc(/C(O)=C2\C(=O)C(=O)N(c3cccc(C)c3C)C2c2ccc(N(CC)CC)cc2)cc1C. The highest BCUT2D eigenvalue weighted by Gasteiger charge is 2.47. The normalized spacial score (nSPS) is 16.6. The minimum Gasteiger partial charge on any atom is -0.507 e. The summed E-state index contributed by atoms with van der Waals surface area (Å²) < 4.78 is 5.79. The quantitative estimate of drug-likeness (QED) is 0.187. The first-order valence-electron chi connectivity index (χ1n) is 13.7. The van der Waals surface area contributed by atoms with Crippen LogP contribution < -0.4 is 14.5 Å². The Balaban J connectivity index is 1.89. The standard InChI is InChI=1S/C33H38N2O4/c1-7-19-39-28-18-15-25(20-22(28)5)31(36)29-30(24-13-16-26(17-14-24)34(8-2)9-3)35(33(38)32(29)37)27-12-10-11-21(4)23(27)6/h10-18,20,30,36H,7-9,19H2,1-6H3/b31-29+. The number of aryl methyl sites for hydroxylation is 2. The van der Waals surface area contributed by atoms with Crippen LogP contribution in [0.2, 0.25) is 0 Å². The average Bonchev–Trinajstić information content (AvgIpc) is 3.20. The number of carbonyl (C=O) groups is 2. The molecular weight excluding hydrogens is 488 g/mol. The summed E-state index contributed by atoms with van der Waals surface area (Å²) in [6.07, 6.45) is 0.885. The maximum atomic E-state index is 13.6. The molecule has 6 nitrogen and oxygen atoms in total. The van der Waals surface area contributed by atoms with Gasteiger partial charge in [0.15, 0.2) is 0 Å². The van der Waals surface area contributed by atoms with Gasteiger partial charge in [0.2, 0.25) is 0 Å². The highest BCUT2D eigenvalue weighted by Crippen LogP contribution is 2.44. The Labute approximate surface area is 231 Å². The third-order valence-electron chi connectivity index (χ3n) is 7.53. The summed E-state index contributed by atoms with van der Waals surface area (Å²) >= 11 is 0. The van der Waals surface area contributed by atoms with Crippen molar-refractivity contribution < 1.29 is 19.4 Å². The van der Waals surface area contributed by atoms with Crippen molar-refractivity contribution in [1.82, 2.24) is 0 Å². The zero-order valence-electron chi connectivity index (χ0n) is 23.7. The number of hydrogen-bond acceptors (Lipinski definition) is 5. The molecule has 1 aliphatic heterocycles. The lowest BCUT2D eigenvalue weighted by molar-refractivity contribution is -0.132. The van der Waals surface area contributed by atoms with Gasteiger partial charge in [-0.15, -0.1) is 0 Å². The van der Waals surface area contributed by atoms with Crippen LogP contribution in [-0.4, -0.2) is 36.5 Å². The van der Waals surface area contributed by atoms with Crippen molar-refractivity contribution in [3.63, 3.8) is 0 Å². The van der Waals surface area contributed by atoms with Crippen LogP contribution in [0.3, 0.4) is 0 Å². The van der Waals surface area contributed by atoms with Gasteiger partial charge in [0.25, 0.3) is 11.7 Å². The van der Waals surface area contributed by atoms with Crippen LogP contribution in [0.1, 0.15) is 61.1 Å². The maximum Gasteiger partial charge on any atom is 0.300 e. The number of rotatable bonds is 9. The molecule has 1 aliphatic rings. The van der Waals surface area contributed by atoms with Crippen LogP contribution in [0.5, 0.6) is 5.75 Å². The molecular formula is C33H38N2O4. The first kappa shape index (κ1) is 28.0. The molecule has 1 saturated heterocycles. The molecule has 0 radical (unpaired) electrons. The number of Topliss-reactive ketones (excluding diaryl/α,β-unsaturated/α-hetero) is 1. The van der Waals surface area contributed by atoms with E-state index in [1.54, 1.807) is 18.2 Å². The summed E-state index contributed by atoms with van der Waals surface area (Å²) in [6.45, 7) is 14.4. The van der Waals surface area contributed by atoms with Gasteiger partial charge in [0.1, 0.15) is 11.5 Å². The van der Waals surface area contributed by atoms with Crippen molar-refractivity contribution in [1.29, 1.82) is 0 Å². The third kappa shape index (κ3) is 5.29. The Kier molecular flexibility index (Phi) is 8.44. The molecule has 0 saturated carbocycles. The van der Waals surface area contributed by atoms with Crippen LogP contribution in [0, 0.1) is 20.8 Å². The summed E-state index contributed by atoms with van der Waals surface area (Å²) in [5.74, 6) is -0.810. The molecule has 0 spiro atoms. The molecule has 1 unspecified atom stereocenters. The van der Waals surface area contributed by atoms with Crippen LogP contribution in [0.15, 0.2) is 66.2 Å². The minimum atomic E-state index is -0.771. The number of benzene rings is 3. The monoisotopic (exact) mass is 526 g/mol. The van der Waals surface area contributed by atoms with E-state index in [1.165, 1.54) is 4.90 Å². The fraction of sp³-hybridized carbons (Fsp3) is 0.333. The van der Waals surface area contributed by atoms with Crippen LogP contribution in [0.4, 0.5) is 11.4 Å². The number of amides is 1. The molecule has 3 aromatic carbocycles. The number of carbonyl (C=O) groups excluding carboxylic acids is 2. The maximum absolute atomic E-state index is 13.6. The number of ketones is 1. The van der Waals surface area contributed by atoms with Crippen LogP contribution >= 0.6 is 0 Å². The summed E-state index contributed by atoms with van der Waals surface area (Å²) in [5.41, 5.74) is 5.81. The van der Waals surface area contributed by atoms with Gasteiger partial charge in [-0.25, -0.2) is 0 Å². The van der Waals surface area contributed by atoms with Crippen LogP contribution in [-0.2, 0) is 9.59 Å². The van der Waals surface area contributed by atoms with Gasteiger partial charge in [0, 0.05) is 30.0 Å². The molecule has 6 heteroatoms. The number of hydrogen-bond donors (Lipinski definition) is 1. The van der Waals surface area contributed by atoms with Crippen molar-refractivity contribution in [3.8, 4) is 5.75 Å². The third-order valence-corrected chi connectivity index (χ3v) is 7.53. The Bertz CT molecular complexity index is 1400. The average molecular weight is 527 g/mol. The smallest absolute Gasteiger partial charge is 0.300 e. The van der Waals surface area contributed by atoms with Crippen molar-refractivity contribution >= 4 is 28.8 Å². The molecule has 4 rings (SSSR count). The van der Waals surface area contributed by atoms with Crippen molar-refractivity contribution in [3.05, 3.63) is 94.1 Å². The molecule has 39 heavy (non-hydrogen) atoms. The molecule has 204 valence electrons. The molecule has 0 aromatic heterocycles. The molecule has 1 fully saturated rings. The second kappa shape index (κ2) is 11.8. The number of nitrogens with zero attached hydrogens (tertiary/aromatic N) is 2. The van der Waals surface area contributed by atoms with Gasteiger partial charge in [0.05, 0.1) is 18.2 Å². The van der Waals surface area contributed by atoms with Gasteiger partial charge in [-0.05, 0) is 99.7 Å². The van der Waals surface area contributed by atoms with Gasteiger partial charge in [-0.3, -0.25) is 14.5 Å². The van der Waals surface area contributed by atoms with Gasteiger partial charge >= 0.3 is 0 Å². The Morgan fingerprint density at radius 1 is 0.923 bits per heavy atom. The second-order valence-corrected chi connectivity index (χ2v) is 9.98. The predicted octanol–water partition coefficient (Wildman–Crippen LogP) is 6.87. The lowest BCUT2D eigenvalue weighted by Gasteiger charge is -2.28. The number of aliphatic hydroxyl groups excluding tert-OH is 1. The summed E-state index contributed by atoms with van der Waals surface area (Å²) in [6, 6.07) is 18.2. The summed E-state index contributed by atoms with van der Waals surface area (Å²) in [5, 5.41) is 11.6. The minimum absolute atomic E-state index is 0.0816. The van der Waals surface area contributed by atoms with E-state index < -0.39 is 17.7 Å². The van der Waals surface area contributed by atoms with E-state index in [0.29, 0.717) is 17.9 Å². The highest BCUT2D eigenvalue weighted by atomic mass is 16.5. The molecule has 1 atom stereocenters. The molecule has 0 aliphatic carbocycles. The zero-order valence-corrected chi connectivity index (χ0v) is 23.7. The van der Waals surface area contributed by atoms with Gasteiger partial charge < -0.3 is 14.7 Å².